The van der Waals surface area contributed by atoms with E-state index in [9.17, 15) is 9.59 Å². The van der Waals surface area contributed by atoms with Crippen LogP contribution in [0.25, 0.3) is 0 Å². The van der Waals surface area contributed by atoms with Crippen LogP contribution in [0.4, 0.5) is 5.69 Å². The Morgan fingerprint density at radius 3 is 2.39 bits per heavy atom. The van der Waals surface area contributed by atoms with Crippen LogP contribution in [0.15, 0.2) is 79.1 Å². The molecule has 38 heavy (non-hydrogen) atoms. The Morgan fingerprint density at radius 2 is 1.74 bits per heavy atom. The molecule has 0 radical (unpaired) electrons. The number of aromatic nitrogens is 3. The first-order chi connectivity index (χ1) is 18.5. The molecule has 1 fully saturated rings. The highest BCUT2D eigenvalue weighted by molar-refractivity contribution is 6.30. The van der Waals surface area contributed by atoms with Gasteiger partial charge in [-0.05, 0) is 79.8 Å². The summed E-state index contributed by atoms with van der Waals surface area (Å²) in [7, 11) is 0. The van der Waals surface area contributed by atoms with Crippen LogP contribution >= 0.6 is 11.6 Å². The van der Waals surface area contributed by atoms with Crippen molar-refractivity contribution in [1.82, 2.24) is 19.7 Å². The van der Waals surface area contributed by atoms with E-state index in [4.69, 9.17) is 16.3 Å². The van der Waals surface area contributed by atoms with Crippen molar-refractivity contribution in [3.8, 4) is 11.6 Å². The molecule has 0 bridgehead atoms. The van der Waals surface area contributed by atoms with Gasteiger partial charge in [-0.3, -0.25) is 14.3 Å². The SMILES string of the molecule is CCn1nccc1C(=O)Nc1ccc(C2CCN(C(=O)c3ccc(Oc4ccc(Cl)cn4)cc3)CC2)cc1. The van der Waals surface area contributed by atoms with Crippen molar-refractivity contribution in [1.29, 1.82) is 0 Å². The van der Waals surface area contributed by atoms with Crippen molar-refractivity contribution in [2.75, 3.05) is 18.4 Å². The van der Waals surface area contributed by atoms with Crippen LogP contribution in [-0.2, 0) is 6.54 Å². The molecule has 2 aromatic heterocycles. The summed E-state index contributed by atoms with van der Waals surface area (Å²) in [4.78, 5) is 31.6. The molecule has 0 unspecified atom stereocenters. The Hall–Kier alpha value is -4.17. The predicted octanol–water partition coefficient (Wildman–Crippen LogP) is 6.02. The maximum Gasteiger partial charge on any atom is 0.273 e. The topological polar surface area (TPSA) is 89.4 Å². The molecule has 5 rings (SSSR count). The summed E-state index contributed by atoms with van der Waals surface area (Å²) in [6, 6.07) is 20.2. The van der Waals surface area contributed by atoms with Gasteiger partial charge in [0.2, 0.25) is 5.88 Å². The first-order valence-corrected chi connectivity index (χ1v) is 13.0. The minimum atomic E-state index is -0.176. The molecule has 2 amide bonds. The van der Waals surface area contributed by atoms with Crippen LogP contribution < -0.4 is 10.1 Å². The third kappa shape index (κ3) is 5.86. The fraction of sp³-hybridized carbons (Fsp3) is 0.241. The van der Waals surface area contributed by atoms with Gasteiger partial charge in [-0.2, -0.15) is 5.10 Å². The normalized spacial score (nSPS) is 13.8. The van der Waals surface area contributed by atoms with Crippen LogP contribution in [0.3, 0.4) is 0 Å². The number of piperidine rings is 1. The molecule has 2 aromatic carbocycles. The van der Waals surface area contributed by atoms with Gasteiger partial charge in [0.25, 0.3) is 11.8 Å². The third-order valence-corrected chi connectivity index (χ3v) is 6.92. The van der Waals surface area contributed by atoms with Crippen molar-refractivity contribution in [2.24, 2.45) is 0 Å². The number of nitrogens with zero attached hydrogens (tertiary/aromatic N) is 4. The lowest BCUT2D eigenvalue weighted by Gasteiger charge is -2.32. The molecular formula is C29H28ClN5O3. The number of amides is 2. The number of benzene rings is 2. The van der Waals surface area contributed by atoms with E-state index in [1.165, 1.54) is 11.8 Å². The molecule has 0 aliphatic carbocycles. The Kier molecular flexibility index (Phi) is 7.70. The molecule has 8 nitrogen and oxygen atoms in total. The van der Waals surface area contributed by atoms with E-state index in [1.807, 2.05) is 24.0 Å². The first-order valence-electron chi connectivity index (χ1n) is 12.6. The zero-order valence-electron chi connectivity index (χ0n) is 21.0. The molecular weight excluding hydrogens is 502 g/mol. The van der Waals surface area contributed by atoms with E-state index in [2.05, 4.69) is 27.5 Å². The number of hydrogen-bond acceptors (Lipinski definition) is 5. The summed E-state index contributed by atoms with van der Waals surface area (Å²) in [6.07, 6.45) is 4.92. The fourth-order valence-corrected chi connectivity index (χ4v) is 4.73. The minimum Gasteiger partial charge on any atom is -0.439 e. The van der Waals surface area contributed by atoms with E-state index in [0.717, 1.165) is 18.5 Å². The maximum absolute atomic E-state index is 13.1. The maximum atomic E-state index is 13.1. The molecule has 1 aliphatic rings. The standard InChI is InChI=1S/C29H28ClN5O3/c1-2-35-26(13-16-32-35)28(36)33-24-8-3-20(4-9-24)21-14-17-34(18-15-21)29(37)22-5-10-25(11-6-22)38-27-12-7-23(30)19-31-27/h3-13,16,19,21H,2,14-15,17-18H2,1H3,(H,33,36). The first kappa shape index (κ1) is 25.5. The molecule has 0 atom stereocenters. The Morgan fingerprint density at radius 1 is 1.00 bits per heavy atom. The number of pyridine rings is 1. The van der Waals surface area contributed by atoms with Gasteiger partial charge in [0.15, 0.2) is 0 Å². The van der Waals surface area contributed by atoms with E-state index in [1.54, 1.807) is 53.3 Å². The van der Waals surface area contributed by atoms with Gasteiger partial charge in [0.1, 0.15) is 11.4 Å². The number of anilines is 1. The van der Waals surface area contributed by atoms with Crippen LogP contribution in [0.5, 0.6) is 11.6 Å². The molecule has 1 saturated heterocycles. The van der Waals surface area contributed by atoms with Gasteiger partial charge in [0, 0.05) is 49.3 Å². The fourth-order valence-electron chi connectivity index (χ4n) is 4.62. The largest absolute Gasteiger partial charge is 0.439 e. The van der Waals surface area contributed by atoms with E-state index < -0.39 is 0 Å². The van der Waals surface area contributed by atoms with Gasteiger partial charge in [-0.1, -0.05) is 23.7 Å². The monoisotopic (exact) mass is 529 g/mol. The molecule has 1 N–H and O–H groups in total. The molecule has 0 spiro atoms. The van der Waals surface area contributed by atoms with Crippen molar-refractivity contribution in [3.63, 3.8) is 0 Å². The summed E-state index contributed by atoms with van der Waals surface area (Å²) in [5.41, 5.74) is 3.12. The summed E-state index contributed by atoms with van der Waals surface area (Å²) in [5, 5.41) is 7.63. The summed E-state index contributed by atoms with van der Waals surface area (Å²) in [6.45, 7) is 3.97. The Bertz CT molecular complexity index is 1390. The van der Waals surface area contributed by atoms with E-state index in [-0.39, 0.29) is 11.8 Å². The summed E-state index contributed by atoms with van der Waals surface area (Å²) >= 11 is 5.86. The molecule has 194 valence electrons. The van der Waals surface area contributed by atoms with E-state index in [0.29, 0.717) is 53.5 Å². The lowest BCUT2D eigenvalue weighted by molar-refractivity contribution is 0.0713. The predicted molar refractivity (Wildman–Crippen MR) is 146 cm³/mol. The summed E-state index contributed by atoms with van der Waals surface area (Å²) < 4.78 is 7.38. The highest BCUT2D eigenvalue weighted by Crippen LogP contribution is 2.30. The van der Waals surface area contributed by atoms with Gasteiger partial charge >= 0.3 is 0 Å². The van der Waals surface area contributed by atoms with Crippen LogP contribution in [-0.4, -0.2) is 44.6 Å². The zero-order valence-corrected chi connectivity index (χ0v) is 21.8. The Labute approximate surface area is 226 Å². The second-order valence-corrected chi connectivity index (χ2v) is 9.55. The number of hydrogen-bond donors (Lipinski definition) is 1. The average Bonchev–Trinajstić information content (AvgIpc) is 3.44. The number of likely N-dealkylation sites (tertiary alicyclic amines) is 1. The van der Waals surface area contributed by atoms with Crippen LogP contribution in [0.1, 0.15) is 52.1 Å². The van der Waals surface area contributed by atoms with Crippen molar-refractivity contribution < 1.29 is 14.3 Å². The zero-order chi connectivity index (χ0) is 26.5. The minimum absolute atomic E-state index is 0.0176. The molecule has 1 aliphatic heterocycles. The number of carbonyl (C=O) groups excluding carboxylic acids is 2. The number of rotatable bonds is 7. The quantitative estimate of drug-likeness (QED) is 0.316. The van der Waals surface area contributed by atoms with Gasteiger partial charge in [-0.15, -0.1) is 0 Å². The second-order valence-electron chi connectivity index (χ2n) is 9.12. The lowest BCUT2D eigenvalue weighted by atomic mass is 9.89. The average molecular weight is 530 g/mol. The van der Waals surface area contributed by atoms with Crippen LogP contribution in [0, 0.1) is 0 Å². The molecule has 4 aromatic rings. The van der Waals surface area contributed by atoms with Crippen molar-refractivity contribution >= 4 is 29.1 Å². The third-order valence-electron chi connectivity index (χ3n) is 6.69. The summed E-state index contributed by atoms with van der Waals surface area (Å²) in [5.74, 6) is 1.25. The number of nitrogens with one attached hydrogen (secondary N) is 1. The number of carbonyl (C=O) groups is 2. The second kappa shape index (κ2) is 11.5. The smallest absolute Gasteiger partial charge is 0.273 e. The highest BCUT2D eigenvalue weighted by Gasteiger charge is 2.25. The number of aryl methyl sites for hydroxylation is 1. The molecule has 0 saturated carbocycles. The molecule has 9 heteroatoms. The Balaban J connectivity index is 1.13. The van der Waals surface area contributed by atoms with Gasteiger partial charge in [0.05, 0.1) is 5.02 Å². The van der Waals surface area contributed by atoms with Gasteiger partial charge < -0.3 is 15.0 Å². The van der Waals surface area contributed by atoms with Crippen molar-refractivity contribution in [3.05, 3.63) is 101 Å². The molecule has 3 heterocycles. The van der Waals surface area contributed by atoms with Gasteiger partial charge in [-0.25, -0.2) is 4.98 Å². The van der Waals surface area contributed by atoms with Crippen molar-refractivity contribution in [2.45, 2.75) is 32.2 Å². The van der Waals surface area contributed by atoms with Crippen LogP contribution in [0.2, 0.25) is 5.02 Å². The highest BCUT2D eigenvalue weighted by atomic mass is 35.5. The van der Waals surface area contributed by atoms with E-state index >= 15 is 0 Å². The lowest BCUT2D eigenvalue weighted by Crippen LogP contribution is -2.37. The number of halogens is 1. The number of ether oxygens (including phenoxy) is 1.